The van der Waals surface area contributed by atoms with E-state index in [0.29, 0.717) is 6.54 Å². The van der Waals surface area contributed by atoms with Crippen molar-refractivity contribution in [3.8, 4) is 0 Å². The summed E-state index contributed by atoms with van der Waals surface area (Å²) in [4.78, 5) is 11.0. The van der Waals surface area contributed by atoms with E-state index >= 15 is 0 Å². The van der Waals surface area contributed by atoms with Crippen LogP contribution in [0.4, 0.5) is 0 Å². The molecule has 12 heavy (non-hydrogen) atoms. The van der Waals surface area contributed by atoms with Crippen LogP contribution in [0.2, 0.25) is 0 Å². The van der Waals surface area contributed by atoms with E-state index in [4.69, 9.17) is 39.5 Å². The van der Waals surface area contributed by atoms with Gasteiger partial charge in [0.1, 0.15) is 6.10 Å². The maximum Gasteiger partial charge on any atom is 0.358 e. The first-order valence-electron chi connectivity index (χ1n) is 3.48. The zero-order chi connectivity index (χ0) is 9.19. The number of carbonyl (C=O) groups excluding carboxylic acids is 1. The summed E-state index contributed by atoms with van der Waals surface area (Å²) in [6.45, 7) is 1.46. The fraction of sp³-hybridized carbons (Fsp3) is 0.833. The highest BCUT2D eigenvalue weighted by atomic mass is 35.6. The van der Waals surface area contributed by atoms with E-state index in [0.717, 1.165) is 13.0 Å². The van der Waals surface area contributed by atoms with E-state index in [1.54, 1.807) is 0 Å². The van der Waals surface area contributed by atoms with Crippen LogP contribution in [-0.4, -0.2) is 29.0 Å². The smallest absolute Gasteiger partial charge is 0.358 e. The molecule has 0 aliphatic carbocycles. The van der Waals surface area contributed by atoms with Gasteiger partial charge in [0, 0.05) is 6.54 Å². The molecule has 1 N–H and O–H groups in total. The average molecular weight is 232 g/mol. The van der Waals surface area contributed by atoms with Crippen LogP contribution < -0.4 is 5.32 Å². The maximum absolute atomic E-state index is 11.0. The van der Waals surface area contributed by atoms with Crippen LogP contribution in [0.1, 0.15) is 6.42 Å². The van der Waals surface area contributed by atoms with Crippen molar-refractivity contribution in [2.75, 3.05) is 13.1 Å². The summed E-state index contributed by atoms with van der Waals surface area (Å²) < 4.78 is 2.92. The Morgan fingerprint density at radius 2 is 2.17 bits per heavy atom. The Labute approximate surface area is 85.3 Å². The Hall–Kier alpha value is 0.300. The first-order chi connectivity index (χ1) is 5.50. The van der Waals surface area contributed by atoms with Crippen molar-refractivity contribution in [2.45, 2.75) is 16.3 Å². The minimum atomic E-state index is -1.96. The molecule has 0 spiro atoms. The highest BCUT2D eigenvalue weighted by molar-refractivity contribution is 6.75. The summed E-state index contributed by atoms with van der Waals surface area (Å²) >= 11 is 15.9. The number of hydrogen-bond acceptors (Lipinski definition) is 3. The molecule has 1 saturated heterocycles. The van der Waals surface area contributed by atoms with E-state index in [-0.39, 0.29) is 6.10 Å². The topological polar surface area (TPSA) is 38.3 Å². The zero-order valence-corrected chi connectivity index (χ0v) is 8.42. The highest BCUT2D eigenvalue weighted by Crippen LogP contribution is 2.28. The number of hydrogen-bond donors (Lipinski definition) is 1. The number of ether oxygens (including phenoxy) is 1. The van der Waals surface area contributed by atoms with Gasteiger partial charge in [0.15, 0.2) is 0 Å². The summed E-state index contributed by atoms with van der Waals surface area (Å²) in [7, 11) is 0. The second-order valence-corrected chi connectivity index (χ2v) is 4.80. The van der Waals surface area contributed by atoms with Crippen molar-refractivity contribution in [1.29, 1.82) is 0 Å². The fourth-order valence-electron chi connectivity index (χ4n) is 0.947. The summed E-state index contributed by atoms with van der Waals surface area (Å²) in [5.41, 5.74) is 0. The van der Waals surface area contributed by atoms with Gasteiger partial charge in [0.25, 0.3) is 3.79 Å². The molecule has 1 heterocycles. The van der Waals surface area contributed by atoms with Crippen molar-refractivity contribution in [2.24, 2.45) is 0 Å². The molecule has 3 nitrogen and oxygen atoms in total. The number of rotatable bonds is 1. The lowest BCUT2D eigenvalue weighted by Crippen LogP contribution is -2.28. The van der Waals surface area contributed by atoms with Gasteiger partial charge >= 0.3 is 5.97 Å². The van der Waals surface area contributed by atoms with E-state index in [9.17, 15) is 4.79 Å². The monoisotopic (exact) mass is 231 g/mol. The minimum Gasteiger partial charge on any atom is -0.458 e. The van der Waals surface area contributed by atoms with Gasteiger partial charge in [-0.1, -0.05) is 34.8 Å². The van der Waals surface area contributed by atoms with Gasteiger partial charge < -0.3 is 10.1 Å². The van der Waals surface area contributed by atoms with Crippen LogP contribution in [0.25, 0.3) is 0 Å². The van der Waals surface area contributed by atoms with Crippen LogP contribution in [0, 0.1) is 0 Å². The van der Waals surface area contributed by atoms with Crippen molar-refractivity contribution >= 4 is 40.8 Å². The summed E-state index contributed by atoms with van der Waals surface area (Å²) in [6.07, 6.45) is 0.611. The van der Waals surface area contributed by atoms with Gasteiger partial charge in [0.05, 0.1) is 0 Å². The van der Waals surface area contributed by atoms with Crippen LogP contribution in [0.5, 0.6) is 0 Å². The van der Waals surface area contributed by atoms with E-state index in [1.165, 1.54) is 0 Å². The molecule has 1 unspecified atom stereocenters. The van der Waals surface area contributed by atoms with Gasteiger partial charge in [-0.2, -0.15) is 0 Å². The molecule has 0 bridgehead atoms. The summed E-state index contributed by atoms with van der Waals surface area (Å²) in [5.74, 6) is -0.804. The van der Waals surface area contributed by atoms with Crippen molar-refractivity contribution in [3.63, 3.8) is 0 Å². The molecule has 1 atom stereocenters. The first-order valence-corrected chi connectivity index (χ1v) is 4.62. The van der Waals surface area contributed by atoms with Gasteiger partial charge in [-0.05, 0) is 13.0 Å². The van der Waals surface area contributed by atoms with E-state index in [2.05, 4.69) is 5.32 Å². The van der Waals surface area contributed by atoms with Gasteiger partial charge in [-0.3, -0.25) is 0 Å². The minimum absolute atomic E-state index is 0.159. The molecule has 0 aromatic heterocycles. The largest absolute Gasteiger partial charge is 0.458 e. The molecule has 1 aliphatic heterocycles. The number of halogens is 3. The maximum atomic E-state index is 11.0. The average Bonchev–Trinajstić information content (AvgIpc) is 2.37. The van der Waals surface area contributed by atoms with E-state index < -0.39 is 9.76 Å². The summed E-state index contributed by atoms with van der Waals surface area (Å²) in [6, 6.07) is 0. The number of alkyl halides is 3. The number of nitrogens with one attached hydrogen (secondary N) is 1. The lowest BCUT2D eigenvalue weighted by atomic mass is 10.3. The fourth-order valence-corrected chi connectivity index (χ4v) is 1.08. The Bertz CT molecular complexity index is 174. The van der Waals surface area contributed by atoms with Crippen molar-refractivity contribution in [3.05, 3.63) is 0 Å². The van der Waals surface area contributed by atoms with Gasteiger partial charge in [0.2, 0.25) is 0 Å². The predicted octanol–water partition coefficient (Wildman–Crippen LogP) is 1.26. The van der Waals surface area contributed by atoms with Crippen LogP contribution >= 0.6 is 34.8 Å². The molecule has 0 saturated carbocycles. The second kappa shape index (κ2) is 4.01. The lowest BCUT2D eigenvalue weighted by molar-refractivity contribution is -0.146. The van der Waals surface area contributed by atoms with Crippen LogP contribution in [-0.2, 0) is 9.53 Å². The third-order valence-corrected chi connectivity index (χ3v) is 1.98. The molecule has 1 rings (SSSR count). The molecule has 0 aromatic rings. The first kappa shape index (κ1) is 10.4. The third kappa shape index (κ3) is 2.98. The highest BCUT2D eigenvalue weighted by Gasteiger charge is 2.35. The molecule has 0 radical (unpaired) electrons. The normalized spacial score (nSPS) is 24.1. The molecule has 70 valence electrons. The van der Waals surface area contributed by atoms with Crippen LogP contribution in [0.15, 0.2) is 0 Å². The standard InChI is InChI=1S/C6H8Cl3NO2/c7-6(8,9)5(11)12-4-1-2-10-3-4/h4,10H,1-3H2. The molecule has 0 aromatic carbocycles. The molecule has 1 fully saturated rings. The van der Waals surface area contributed by atoms with Crippen molar-refractivity contribution in [1.82, 2.24) is 5.32 Å². The summed E-state index contributed by atoms with van der Waals surface area (Å²) in [5, 5.41) is 3.02. The Morgan fingerprint density at radius 1 is 1.50 bits per heavy atom. The van der Waals surface area contributed by atoms with Crippen LogP contribution in [0.3, 0.4) is 0 Å². The van der Waals surface area contributed by atoms with Gasteiger partial charge in [-0.25, -0.2) is 4.79 Å². The molecule has 0 amide bonds. The number of carbonyl (C=O) groups is 1. The molecule has 6 heteroatoms. The lowest BCUT2D eigenvalue weighted by Gasteiger charge is -2.14. The SMILES string of the molecule is O=C(OC1CCNC1)C(Cl)(Cl)Cl. The zero-order valence-electron chi connectivity index (χ0n) is 6.15. The Kier molecular flexibility index (Phi) is 3.47. The van der Waals surface area contributed by atoms with Gasteiger partial charge in [-0.15, -0.1) is 0 Å². The Morgan fingerprint density at radius 3 is 2.58 bits per heavy atom. The number of esters is 1. The third-order valence-electron chi connectivity index (χ3n) is 1.52. The molecule has 1 aliphatic rings. The Balaban J connectivity index is 2.35. The molecular formula is C6H8Cl3NO2. The predicted molar refractivity (Wildman–Crippen MR) is 47.7 cm³/mol. The molecular weight excluding hydrogens is 224 g/mol. The van der Waals surface area contributed by atoms with E-state index in [1.807, 2.05) is 0 Å². The quantitative estimate of drug-likeness (QED) is 0.546. The van der Waals surface area contributed by atoms with Crippen molar-refractivity contribution < 1.29 is 9.53 Å². The second-order valence-electron chi connectivity index (χ2n) is 2.52.